The fourth-order valence-corrected chi connectivity index (χ4v) is 5.02. The smallest absolute Gasteiger partial charge is 0.324 e. The highest BCUT2D eigenvalue weighted by Crippen LogP contribution is 2.38. The zero-order valence-corrected chi connectivity index (χ0v) is 20.2. The molecule has 0 spiro atoms. The molecule has 0 unspecified atom stereocenters. The van der Waals surface area contributed by atoms with E-state index >= 15 is 0 Å². The van der Waals surface area contributed by atoms with Crippen molar-refractivity contribution in [3.8, 4) is 5.88 Å². The maximum Gasteiger partial charge on any atom is 0.324 e. The summed E-state index contributed by atoms with van der Waals surface area (Å²) in [5.74, 6) is 0.800. The highest BCUT2D eigenvalue weighted by Gasteiger charge is 2.29. The largest absolute Gasteiger partial charge is 0.474 e. The van der Waals surface area contributed by atoms with E-state index in [1.165, 1.54) is 12.4 Å². The Labute approximate surface area is 201 Å². The van der Waals surface area contributed by atoms with Gasteiger partial charge in [0.25, 0.3) is 0 Å². The van der Waals surface area contributed by atoms with Gasteiger partial charge in [-0.1, -0.05) is 5.16 Å². The number of methoxy groups -OCH3 is 1. The predicted octanol–water partition coefficient (Wildman–Crippen LogP) is 2.29. The minimum absolute atomic E-state index is 0.0240. The Morgan fingerprint density at radius 1 is 1.17 bits per heavy atom. The maximum atomic E-state index is 14.9. The molecule has 5 rings (SSSR count). The Kier molecular flexibility index (Phi) is 6.28. The summed E-state index contributed by atoms with van der Waals surface area (Å²) in [4.78, 5) is 16.6. The van der Waals surface area contributed by atoms with Gasteiger partial charge < -0.3 is 23.8 Å². The van der Waals surface area contributed by atoms with Crippen LogP contribution >= 0.6 is 0 Å². The van der Waals surface area contributed by atoms with Crippen molar-refractivity contribution in [2.24, 2.45) is 0 Å². The minimum atomic E-state index is -3.50. The van der Waals surface area contributed by atoms with Crippen molar-refractivity contribution in [2.45, 2.75) is 36.9 Å². The predicted molar refractivity (Wildman–Crippen MR) is 123 cm³/mol. The summed E-state index contributed by atoms with van der Waals surface area (Å²) in [6.07, 6.45) is 4.37. The monoisotopic (exact) mass is 504 g/mol. The van der Waals surface area contributed by atoms with Crippen molar-refractivity contribution < 1.29 is 26.8 Å². The van der Waals surface area contributed by atoms with Crippen LogP contribution in [0.4, 0.5) is 21.9 Å². The molecule has 186 valence electrons. The molecule has 2 aliphatic heterocycles. The molecule has 0 saturated carbocycles. The molecule has 2 aromatic heterocycles. The van der Waals surface area contributed by atoms with Crippen LogP contribution in [0.1, 0.15) is 24.2 Å². The van der Waals surface area contributed by atoms with E-state index < -0.39 is 15.7 Å². The third kappa shape index (κ3) is 4.91. The summed E-state index contributed by atoms with van der Waals surface area (Å²) in [5.41, 5.74) is 0.969. The van der Waals surface area contributed by atoms with Crippen LogP contribution in [-0.2, 0) is 27.6 Å². The number of benzene rings is 1. The van der Waals surface area contributed by atoms with Crippen LogP contribution in [0.3, 0.4) is 0 Å². The van der Waals surface area contributed by atoms with Gasteiger partial charge in [0.05, 0.1) is 10.6 Å². The summed E-state index contributed by atoms with van der Waals surface area (Å²) >= 11 is 0. The van der Waals surface area contributed by atoms with Crippen molar-refractivity contribution in [3.63, 3.8) is 0 Å². The first-order valence-electron chi connectivity index (χ1n) is 11.2. The molecule has 0 N–H and O–H groups in total. The van der Waals surface area contributed by atoms with Crippen LogP contribution in [0.25, 0.3) is 0 Å². The average Bonchev–Trinajstić information content (AvgIpc) is 3.47. The number of nitrogens with zero attached hydrogens (tertiary/aromatic N) is 6. The molecule has 11 nitrogen and oxygen atoms in total. The van der Waals surface area contributed by atoms with Gasteiger partial charge in [0.15, 0.2) is 15.7 Å². The first-order valence-corrected chi connectivity index (χ1v) is 13.1. The van der Waals surface area contributed by atoms with Gasteiger partial charge in [-0.05, 0) is 24.1 Å². The lowest BCUT2D eigenvalue weighted by molar-refractivity contribution is 0.161. The topological polar surface area (TPSA) is 124 Å². The zero-order valence-electron chi connectivity index (χ0n) is 19.3. The molecule has 1 fully saturated rings. The molecule has 0 atom stereocenters. The normalized spacial score (nSPS) is 16.5. The van der Waals surface area contributed by atoms with Gasteiger partial charge in [-0.15, -0.1) is 0 Å². The van der Waals surface area contributed by atoms with Gasteiger partial charge >= 0.3 is 6.01 Å². The van der Waals surface area contributed by atoms with E-state index in [1.54, 1.807) is 18.1 Å². The van der Waals surface area contributed by atoms with Crippen molar-refractivity contribution in [1.82, 2.24) is 20.1 Å². The molecule has 4 heterocycles. The molecular weight excluding hydrogens is 479 g/mol. The molecule has 0 radical (unpaired) electrons. The van der Waals surface area contributed by atoms with Crippen LogP contribution in [0.2, 0.25) is 0 Å². The standard InChI is InChI=1S/C22H25FN6O5S/c1-32-12-18-26-22(34-27-18)28-6-4-15(5-7-28)33-20-11-19(24-13-25-20)29-8-3-14-9-16(35(2,30)31)10-17(23)21(14)29/h9-11,13,15H,3-8,12H2,1-2H3. The number of hydrogen-bond acceptors (Lipinski definition) is 11. The fourth-order valence-electron chi connectivity index (χ4n) is 4.35. The lowest BCUT2D eigenvalue weighted by Crippen LogP contribution is -2.38. The first-order chi connectivity index (χ1) is 16.8. The number of hydrogen-bond donors (Lipinski definition) is 0. The Morgan fingerprint density at radius 2 is 1.97 bits per heavy atom. The lowest BCUT2D eigenvalue weighted by Gasteiger charge is -2.30. The lowest BCUT2D eigenvalue weighted by atomic mass is 10.1. The van der Waals surface area contributed by atoms with Crippen LogP contribution < -0.4 is 14.5 Å². The summed E-state index contributed by atoms with van der Waals surface area (Å²) in [5, 5.41) is 3.89. The number of sulfone groups is 1. The number of anilines is 3. The van der Waals surface area contributed by atoms with E-state index in [0.717, 1.165) is 25.2 Å². The van der Waals surface area contributed by atoms with E-state index in [9.17, 15) is 12.8 Å². The van der Waals surface area contributed by atoms with E-state index in [2.05, 4.69) is 20.1 Å². The number of ether oxygens (including phenoxy) is 2. The van der Waals surface area contributed by atoms with Gasteiger partial charge in [0, 0.05) is 51.9 Å². The van der Waals surface area contributed by atoms with E-state index in [4.69, 9.17) is 14.0 Å². The summed E-state index contributed by atoms with van der Waals surface area (Å²) < 4.78 is 55.0. The van der Waals surface area contributed by atoms with Crippen LogP contribution in [0, 0.1) is 5.82 Å². The van der Waals surface area contributed by atoms with Gasteiger partial charge in [-0.3, -0.25) is 0 Å². The highest BCUT2D eigenvalue weighted by atomic mass is 32.2. The quantitative estimate of drug-likeness (QED) is 0.471. The fraction of sp³-hybridized carbons (Fsp3) is 0.455. The Morgan fingerprint density at radius 3 is 2.71 bits per heavy atom. The second-order valence-electron chi connectivity index (χ2n) is 8.53. The Bertz CT molecular complexity index is 1330. The number of halogens is 1. The molecule has 1 saturated heterocycles. The van der Waals surface area contributed by atoms with Gasteiger partial charge in [0.2, 0.25) is 5.88 Å². The van der Waals surface area contributed by atoms with E-state index in [1.807, 2.05) is 4.90 Å². The molecule has 0 amide bonds. The molecule has 1 aromatic carbocycles. The number of fused-ring (bicyclic) bond motifs is 1. The molecule has 0 aliphatic carbocycles. The van der Waals surface area contributed by atoms with Crippen molar-refractivity contribution in [1.29, 1.82) is 0 Å². The van der Waals surface area contributed by atoms with Crippen molar-refractivity contribution >= 4 is 27.4 Å². The van der Waals surface area contributed by atoms with E-state index in [0.29, 0.717) is 67.4 Å². The first kappa shape index (κ1) is 23.4. The maximum absolute atomic E-state index is 14.9. The molecule has 2 aliphatic rings. The highest BCUT2D eigenvalue weighted by molar-refractivity contribution is 7.90. The third-order valence-electron chi connectivity index (χ3n) is 6.05. The van der Waals surface area contributed by atoms with E-state index in [-0.39, 0.29) is 11.0 Å². The van der Waals surface area contributed by atoms with Gasteiger partial charge in [-0.2, -0.15) is 4.98 Å². The van der Waals surface area contributed by atoms with Crippen LogP contribution in [0.5, 0.6) is 5.88 Å². The van der Waals surface area contributed by atoms with Crippen molar-refractivity contribution in [2.75, 3.05) is 42.8 Å². The molecular formula is C22H25FN6O5S. The number of piperidine rings is 1. The Balaban J connectivity index is 1.26. The summed E-state index contributed by atoms with van der Waals surface area (Å²) in [6.45, 7) is 2.14. The minimum Gasteiger partial charge on any atom is -0.474 e. The zero-order chi connectivity index (χ0) is 24.6. The van der Waals surface area contributed by atoms with Crippen LogP contribution in [-0.4, -0.2) is 67.6 Å². The number of aromatic nitrogens is 4. The van der Waals surface area contributed by atoms with Crippen LogP contribution in [0.15, 0.2) is 33.9 Å². The Hall–Kier alpha value is -3.32. The molecule has 13 heteroatoms. The van der Waals surface area contributed by atoms with Gasteiger partial charge in [0.1, 0.15) is 30.7 Å². The summed E-state index contributed by atoms with van der Waals surface area (Å²) in [7, 11) is -1.93. The third-order valence-corrected chi connectivity index (χ3v) is 7.15. The molecule has 3 aromatic rings. The second-order valence-corrected chi connectivity index (χ2v) is 10.5. The van der Waals surface area contributed by atoms with Crippen molar-refractivity contribution in [3.05, 3.63) is 41.7 Å². The SMILES string of the molecule is COCc1noc(N2CCC(Oc3cc(N4CCc5cc(S(C)(=O)=O)cc(F)c54)ncn3)CC2)n1. The molecule has 0 bridgehead atoms. The second kappa shape index (κ2) is 9.38. The average molecular weight is 505 g/mol. The number of rotatable bonds is 7. The summed E-state index contributed by atoms with van der Waals surface area (Å²) in [6, 6.07) is 4.73. The van der Waals surface area contributed by atoms with Gasteiger partial charge in [-0.25, -0.2) is 22.8 Å². The molecule has 35 heavy (non-hydrogen) atoms.